The van der Waals surface area contributed by atoms with Crippen LogP contribution in [0.3, 0.4) is 0 Å². The van der Waals surface area contributed by atoms with E-state index in [9.17, 15) is 18.5 Å². The predicted octanol–water partition coefficient (Wildman–Crippen LogP) is 2.61. The lowest BCUT2D eigenvalue weighted by Gasteiger charge is -2.09. The molecule has 0 atom stereocenters. The zero-order valence-electron chi connectivity index (χ0n) is 15.5. The van der Waals surface area contributed by atoms with Gasteiger partial charge in [0, 0.05) is 23.8 Å². The summed E-state index contributed by atoms with van der Waals surface area (Å²) < 4.78 is 31.0. The Morgan fingerprint density at radius 2 is 1.86 bits per heavy atom. The quantitative estimate of drug-likeness (QED) is 0.292. The minimum Gasteiger partial charge on any atom is -0.384 e. The van der Waals surface area contributed by atoms with Crippen molar-refractivity contribution in [3.63, 3.8) is 0 Å². The van der Waals surface area contributed by atoms with E-state index in [1.807, 2.05) is 6.92 Å². The maximum absolute atomic E-state index is 12.5. The van der Waals surface area contributed by atoms with E-state index in [0.29, 0.717) is 5.69 Å². The molecular formula is C18H17N5O5S. The number of rotatable bonds is 5. The molecule has 150 valence electrons. The van der Waals surface area contributed by atoms with Crippen molar-refractivity contribution in [1.82, 2.24) is 9.78 Å². The van der Waals surface area contributed by atoms with Crippen LogP contribution in [0.25, 0.3) is 0 Å². The molecule has 0 fully saturated rings. The SMILES string of the molecule is Cc1ccc(S(=O)(=O)O/N=C(/c2cccc([N+](=O)[O-])c2)n2nc(C)cc2N)cc1. The van der Waals surface area contributed by atoms with E-state index < -0.39 is 15.0 Å². The van der Waals surface area contributed by atoms with Crippen LogP contribution >= 0.6 is 0 Å². The molecule has 0 aliphatic heterocycles. The number of aromatic nitrogens is 2. The standard InChI is InChI=1S/C18H17N5O5S/c1-12-6-8-16(9-7-12)29(26,27)28-21-18(22-17(19)10-13(2)20-22)14-4-3-5-15(11-14)23(24)25/h3-11H,19H2,1-2H3/b21-18-. The van der Waals surface area contributed by atoms with Crippen molar-refractivity contribution >= 4 is 27.5 Å². The molecule has 0 saturated heterocycles. The van der Waals surface area contributed by atoms with Gasteiger partial charge in [0.2, 0.25) is 5.84 Å². The number of non-ortho nitro benzene ring substituents is 1. The van der Waals surface area contributed by atoms with Crippen LogP contribution in [-0.2, 0) is 14.4 Å². The van der Waals surface area contributed by atoms with Gasteiger partial charge >= 0.3 is 10.1 Å². The number of hydrogen-bond acceptors (Lipinski definition) is 8. The first kappa shape index (κ1) is 20.0. The fourth-order valence-corrected chi connectivity index (χ4v) is 3.22. The van der Waals surface area contributed by atoms with E-state index >= 15 is 0 Å². The largest absolute Gasteiger partial charge is 0.384 e. The lowest BCUT2D eigenvalue weighted by molar-refractivity contribution is -0.384. The van der Waals surface area contributed by atoms with E-state index in [1.54, 1.807) is 25.1 Å². The van der Waals surface area contributed by atoms with Crippen molar-refractivity contribution in [3.05, 3.63) is 81.5 Å². The van der Waals surface area contributed by atoms with Crippen molar-refractivity contribution < 1.29 is 17.6 Å². The summed E-state index contributed by atoms with van der Waals surface area (Å²) in [7, 11) is -4.22. The molecule has 0 bridgehead atoms. The third-order valence-electron chi connectivity index (χ3n) is 3.91. The van der Waals surface area contributed by atoms with Crippen LogP contribution in [0.2, 0.25) is 0 Å². The monoisotopic (exact) mass is 415 g/mol. The highest BCUT2D eigenvalue weighted by Crippen LogP contribution is 2.19. The highest BCUT2D eigenvalue weighted by molar-refractivity contribution is 7.86. The van der Waals surface area contributed by atoms with E-state index in [-0.39, 0.29) is 27.8 Å². The molecule has 0 amide bonds. The molecule has 0 saturated carbocycles. The second-order valence-corrected chi connectivity index (χ2v) is 7.72. The van der Waals surface area contributed by atoms with Gasteiger partial charge in [0.1, 0.15) is 10.7 Å². The Balaban J connectivity index is 2.08. The van der Waals surface area contributed by atoms with Crippen molar-refractivity contribution in [3.8, 4) is 0 Å². The van der Waals surface area contributed by atoms with Gasteiger partial charge in [-0.3, -0.25) is 14.4 Å². The number of nitrogens with two attached hydrogens (primary N) is 1. The van der Waals surface area contributed by atoms with Gasteiger partial charge in [-0.15, -0.1) is 0 Å². The molecule has 0 unspecified atom stereocenters. The summed E-state index contributed by atoms with van der Waals surface area (Å²) in [6.45, 7) is 3.50. The van der Waals surface area contributed by atoms with Gasteiger partial charge in [0.25, 0.3) is 5.69 Å². The molecule has 11 heteroatoms. The van der Waals surface area contributed by atoms with Gasteiger partial charge in [0.05, 0.1) is 10.6 Å². The average Bonchev–Trinajstić information content (AvgIpc) is 3.00. The number of anilines is 1. The number of benzene rings is 2. The number of nitrogens with zero attached hydrogens (tertiary/aromatic N) is 4. The number of oxime groups is 1. The van der Waals surface area contributed by atoms with Crippen molar-refractivity contribution in [2.75, 3.05) is 5.73 Å². The zero-order chi connectivity index (χ0) is 21.2. The Hall–Kier alpha value is -3.73. The van der Waals surface area contributed by atoms with Gasteiger partial charge in [-0.1, -0.05) is 29.8 Å². The van der Waals surface area contributed by atoms with E-state index in [0.717, 1.165) is 10.2 Å². The molecule has 3 aromatic rings. The number of nitrogen functional groups attached to an aromatic ring is 1. The molecule has 0 aliphatic carbocycles. The highest BCUT2D eigenvalue weighted by Gasteiger charge is 2.20. The molecule has 10 nitrogen and oxygen atoms in total. The van der Waals surface area contributed by atoms with E-state index in [2.05, 4.69) is 10.3 Å². The second kappa shape index (κ2) is 7.72. The first-order valence-electron chi connectivity index (χ1n) is 8.33. The molecule has 3 rings (SSSR count). The average molecular weight is 415 g/mol. The van der Waals surface area contributed by atoms with Crippen molar-refractivity contribution in [2.45, 2.75) is 18.7 Å². The summed E-state index contributed by atoms with van der Waals surface area (Å²) in [5.41, 5.74) is 7.34. The van der Waals surface area contributed by atoms with E-state index in [4.69, 9.17) is 10.0 Å². The lowest BCUT2D eigenvalue weighted by Crippen LogP contribution is -2.19. The molecule has 2 N–H and O–H groups in total. The van der Waals surface area contributed by atoms with E-state index in [1.165, 1.54) is 36.4 Å². The Morgan fingerprint density at radius 1 is 1.17 bits per heavy atom. The highest BCUT2D eigenvalue weighted by atomic mass is 32.2. The number of aryl methyl sites for hydroxylation is 2. The third-order valence-corrected chi connectivity index (χ3v) is 5.03. The third kappa shape index (κ3) is 4.41. The Bertz CT molecular complexity index is 1200. The summed E-state index contributed by atoms with van der Waals surface area (Å²) in [6.07, 6.45) is 0. The predicted molar refractivity (Wildman–Crippen MR) is 106 cm³/mol. The Labute approximate surface area is 166 Å². The van der Waals surface area contributed by atoms with Crippen LogP contribution in [0.5, 0.6) is 0 Å². The number of nitro groups is 1. The van der Waals surface area contributed by atoms with Crippen molar-refractivity contribution in [1.29, 1.82) is 0 Å². The molecular weight excluding hydrogens is 398 g/mol. The lowest BCUT2D eigenvalue weighted by atomic mass is 10.2. The number of hydrogen-bond donors (Lipinski definition) is 1. The minimum atomic E-state index is -4.22. The maximum atomic E-state index is 12.5. The molecule has 0 aliphatic rings. The maximum Gasteiger partial charge on any atom is 0.358 e. The molecule has 0 spiro atoms. The normalized spacial score (nSPS) is 12.0. The molecule has 1 heterocycles. The van der Waals surface area contributed by atoms with Gasteiger partial charge in [-0.2, -0.15) is 18.2 Å². The van der Waals surface area contributed by atoms with Crippen LogP contribution in [0.4, 0.5) is 11.5 Å². The summed E-state index contributed by atoms with van der Waals surface area (Å²) >= 11 is 0. The van der Waals surface area contributed by atoms with Gasteiger partial charge < -0.3 is 5.73 Å². The van der Waals surface area contributed by atoms with Crippen LogP contribution in [-0.4, -0.2) is 29.0 Å². The number of nitro benzene ring substituents is 1. The Kier molecular flexibility index (Phi) is 5.33. The van der Waals surface area contributed by atoms with Crippen LogP contribution in [0, 0.1) is 24.0 Å². The van der Waals surface area contributed by atoms with Crippen LogP contribution in [0.15, 0.2) is 64.6 Å². The molecule has 0 radical (unpaired) electrons. The molecule has 2 aromatic carbocycles. The minimum absolute atomic E-state index is 0.0881. The fraction of sp³-hybridized carbons (Fsp3) is 0.111. The van der Waals surface area contributed by atoms with Gasteiger partial charge in [0.15, 0.2) is 0 Å². The zero-order valence-corrected chi connectivity index (χ0v) is 16.3. The summed E-state index contributed by atoms with van der Waals surface area (Å²) in [4.78, 5) is 10.4. The van der Waals surface area contributed by atoms with Crippen LogP contribution in [0.1, 0.15) is 16.8 Å². The second-order valence-electron chi connectivity index (χ2n) is 6.19. The van der Waals surface area contributed by atoms with Crippen LogP contribution < -0.4 is 5.73 Å². The topological polar surface area (TPSA) is 143 Å². The van der Waals surface area contributed by atoms with Gasteiger partial charge in [-0.05, 0) is 31.1 Å². The van der Waals surface area contributed by atoms with Gasteiger partial charge in [-0.25, -0.2) is 0 Å². The summed E-state index contributed by atoms with van der Waals surface area (Å²) in [6, 6.07) is 13.0. The molecule has 1 aromatic heterocycles. The fourth-order valence-electron chi connectivity index (χ4n) is 2.49. The first-order valence-corrected chi connectivity index (χ1v) is 9.74. The smallest absolute Gasteiger partial charge is 0.358 e. The molecule has 29 heavy (non-hydrogen) atoms. The van der Waals surface area contributed by atoms with Crippen molar-refractivity contribution in [2.24, 2.45) is 5.16 Å². The summed E-state index contributed by atoms with van der Waals surface area (Å²) in [5.74, 6) is 0.0408. The first-order chi connectivity index (χ1) is 13.7. The Morgan fingerprint density at radius 3 is 2.45 bits per heavy atom. The summed E-state index contributed by atoms with van der Waals surface area (Å²) in [5, 5.41) is 19.0.